The molecule has 2 N–H and O–H groups in total. The van der Waals surface area contributed by atoms with Crippen molar-refractivity contribution in [2.75, 3.05) is 6.16 Å². The van der Waals surface area contributed by atoms with Crippen LogP contribution in [0.3, 0.4) is 0 Å². The molecule has 0 heterocycles. The van der Waals surface area contributed by atoms with Crippen molar-refractivity contribution in [3.8, 4) is 5.75 Å². The van der Waals surface area contributed by atoms with Crippen LogP contribution in [0.4, 0.5) is 0 Å². The Morgan fingerprint density at radius 3 is 1.70 bits per heavy atom. The van der Waals surface area contributed by atoms with Crippen LogP contribution in [0.15, 0.2) is 24.3 Å². The van der Waals surface area contributed by atoms with Crippen molar-refractivity contribution in [1.29, 1.82) is 0 Å². The van der Waals surface area contributed by atoms with E-state index in [0.717, 1.165) is 37.7 Å². The van der Waals surface area contributed by atoms with Crippen molar-refractivity contribution in [2.24, 2.45) is 0 Å². The predicted molar refractivity (Wildman–Crippen MR) is 115 cm³/mol. The second-order valence-electron chi connectivity index (χ2n) is 7.42. The van der Waals surface area contributed by atoms with Gasteiger partial charge in [-0.3, -0.25) is 0 Å². The normalized spacial score (nSPS) is 13.6. The molecule has 0 aliphatic rings. The molecule has 0 aliphatic carbocycles. The molecule has 1 rings (SSSR count). The first-order chi connectivity index (χ1) is 13.0. The van der Waals surface area contributed by atoms with Crippen LogP contribution < -0.4 is 0 Å². The summed E-state index contributed by atoms with van der Waals surface area (Å²) >= 11 is 1.74. The molecule has 6 heteroatoms. The first kappa shape index (κ1) is 24.7. The predicted octanol–water partition coefficient (Wildman–Crippen LogP) is 6.02. The van der Waals surface area contributed by atoms with Gasteiger partial charge in [0.2, 0.25) is 0 Å². The van der Waals surface area contributed by atoms with E-state index in [0.29, 0.717) is 5.75 Å². The molecule has 0 spiro atoms. The third-order valence-electron chi connectivity index (χ3n) is 5.01. The molecular formula is C21H37O4PSe. The topological polar surface area (TPSA) is 66.8 Å². The Bertz CT molecular complexity index is 539. The minimum atomic E-state index is -3.31. The zero-order valence-corrected chi connectivity index (χ0v) is 19.3. The molecule has 0 amide bonds. The van der Waals surface area contributed by atoms with E-state index >= 15 is 0 Å². The van der Waals surface area contributed by atoms with Crippen molar-refractivity contribution < 1.29 is 18.2 Å². The monoisotopic (exact) mass is 464 g/mol. The van der Waals surface area contributed by atoms with Gasteiger partial charge in [0.05, 0.1) is 0 Å². The Kier molecular flexibility index (Phi) is 14.3. The first-order valence-corrected chi connectivity index (χ1v) is 13.0. The molecule has 0 saturated heterocycles. The van der Waals surface area contributed by atoms with E-state index in [1.54, 1.807) is 22.4 Å². The Labute approximate surface area is 173 Å². The fourth-order valence-electron chi connectivity index (χ4n) is 3.33. The zero-order chi connectivity index (χ0) is 19.8. The van der Waals surface area contributed by atoms with Gasteiger partial charge in [0, 0.05) is 0 Å². The summed E-state index contributed by atoms with van der Waals surface area (Å²) < 4.78 is 15.8. The van der Waals surface area contributed by atoms with Gasteiger partial charge in [0.15, 0.2) is 0 Å². The summed E-state index contributed by atoms with van der Waals surface area (Å²) in [6.07, 6.45) is 17.0. The van der Waals surface area contributed by atoms with E-state index < -0.39 is 7.60 Å². The second-order valence-corrected chi connectivity index (χ2v) is 10.3. The van der Waals surface area contributed by atoms with Gasteiger partial charge in [0.25, 0.3) is 0 Å². The molecule has 0 radical (unpaired) electrons. The molecule has 0 aromatic heterocycles. The van der Waals surface area contributed by atoms with Gasteiger partial charge < -0.3 is 5.11 Å². The van der Waals surface area contributed by atoms with Gasteiger partial charge >= 0.3 is 101 Å². The molecule has 0 fully saturated rings. The molecule has 0 saturated carbocycles. The Balaban J connectivity index is 1.79. The van der Waals surface area contributed by atoms with Crippen LogP contribution in [0.5, 0.6) is 5.75 Å². The Hall–Kier alpha value is -0.311. The maximum absolute atomic E-state index is 11.3. The summed E-state index contributed by atoms with van der Waals surface area (Å²) in [6.45, 7) is 0. The van der Waals surface area contributed by atoms with Gasteiger partial charge in [-0.1, -0.05) is 37.5 Å². The molecular weight excluding hydrogens is 426 g/mol. The molecule has 156 valence electrons. The number of benzene rings is 1. The summed E-state index contributed by atoms with van der Waals surface area (Å²) in [5.74, 6) is 0.431. The van der Waals surface area contributed by atoms with Gasteiger partial charge in [0.1, 0.15) is 5.75 Å². The Morgan fingerprint density at radius 2 is 1.22 bits per heavy atom. The van der Waals surface area contributed by atoms with Crippen LogP contribution in [-0.4, -0.2) is 32.5 Å². The van der Waals surface area contributed by atoms with Crippen molar-refractivity contribution >= 4 is 23.9 Å². The van der Waals surface area contributed by atoms with E-state index in [-0.39, 0.29) is 6.16 Å². The molecule has 0 bridgehead atoms. The average molecular weight is 463 g/mol. The van der Waals surface area contributed by atoms with Crippen molar-refractivity contribution in [3.63, 3.8) is 0 Å². The van der Waals surface area contributed by atoms with E-state index in [1.165, 1.54) is 57.8 Å². The van der Waals surface area contributed by atoms with Crippen molar-refractivity contribution in [3.05, 3.63) is 29.8 Å². The summed E-state index contributed by atoms with van der Waals surface area (Å²) in [5.41, 5.74) is 1.07. The van der Waals surface area contributed by atoms with Crippen LogP contribution in [0.1, 0.15) is 89.0 Å². The molecule has 4 nitrogen and oxygen atoms in total. The van der Waals surface area contributed by atoms with E-state index in [1.807, 2.05) is 18.2 Å². The summed E-state index contributed by atoms with van der Waals surface area (Å²) in [7, 11) is -3.31. The average Bonchev–Trinajstić information content (AvgIpc) is 2.66. The Morgan fingerprint density at radius 1 is 0.778 bits per heavy atom. The molecule has 0 aliphatic heterocycles. The van der Waals surface area contributed by atoms with E-state index in [4.69, 9.17) is 0 Å². The number of unbranched alkanes of at least 4 members (excludes halogenated alkanes) is 12. The number of hydrogen-bond donors (Lipinski definition) is 2. The fraction of sp³-hybridized carbons (Fsp3) is 0.714. The molecule has 27 heavy (non-hydrogen) atoms. The van der Waals surface area contributed by atoms with Crippen molar-refractivity contribution in [1.82, 2.24) is 0 Å². The third-order valence-corrected chi connectivity index (χ3v) is 7.75. The number of rotatable bonds is 17. The summed E-state index contributed by atoms with van der Waals surface area (Å²) in [5, 5.41) is 9.73. The number of phenolic OH excluding ortho intramolecular Hbond substituents is 1. The zero-order valence-electron chi connectivity index (χ0n) is 16.5. The van der Waals surface area contributed by atoms with Crippen molar-refractivity contribution in [2.45, 2.75) is 89.9 Å². The maximum atomic E-state index is 11.3. The number of phenols is 1. The van der Waals surface area contributed by atoms with Gasteiger partial charge in [-0.15, -0.1) is 0 Å². The number of hydrogen-bond acceptors (Lipinski definition) is 3. The van der Waals surface area contributed by atoms with E-state index in [9.17, 15) is 14.6 Å². The fourth-order valence-corrected chi connectivity index (χ4v) is 4.55. The van der Waals surface area contributed by atoms with Crippen LogP contribution in [0.2, 0.25) is 0 Å². The minimum absolute atomic E-state index is 0.272. The number of para-hydroxylation sites is 1. The van der Waals surface area contributed by atoms with Gasteiger partial charge in [-0.25, -0.2) is 0 Å². The van der Waals surface area contributed by atoms with E-state index in [2.05, 4.69) is 3.61 Å². The van der Waals surface area contributed by atoms with Gasteiger partial charge in [-0.2, -0.15) is 0 Å². The molecule has 1 aromatic rings. The number of aryl methyl sites for hydroxylation is 1. The number of aromatic hydroxyl groups is 1. The third kappa shape index (κ3) is 13.5. The standard InChI is InChI=1S/C21H37O4PSe/c22-21-18-14-13-17-20(21)16-12-10-8-6-4-2-1-3-5-7-9-11-15-19-26(23,24)25-27/h13-14,17-18,22,27H,1-12,15-16,19H2,(H,23,24). The quantitative estimate of drug-likeness (QED) is 0.168. The SMILES string of the molecule is O=P(O)(CCCCCCCCCCCCCCCc1ccccc1O)O[SeH]. The molecule has 1 unspecified atom stereocenters. The molecule has 1 aromatic carbocycles. The van der Waals surface area contributed by atoms with Gasteiger partial charge in [-0.05, 0) is 24.5 Å². The molecule has 1 atom stereocenters. The summed E-state index contributed by atoms with van der Waals surface area (Å²) in [4.78, 5) is 9.29. The second kappa shape index (κ2) is 15.6. The summed E-state index contributed by atoms with van der Waals surface area (Å²) in [6, 6.07) is 7.64. The first-order valence-electron chi connectivity index (χ1n) is 10.5. The van der Waals surface area contributed by atoms with Crippen LogP contribution >= 0.6 is 7.60 Å². The van der Waals surface area contributed by atoms with Crippen LogP contribution in [0.25, 0.3) is 0 Å². The van der Waals surface area contributed by atoms with Crippen LogP contribution in [-0.2, 0) is 14.6 Å². The van der Waals surface area contributed by atoms with Crippen LogP contribution in [0, 0.1) is 0 Å².